The lowest BCUT2D eigenvalue weighted by atomic mass is 10.2. The molecular formula is C9H19N2O4P. The van der Waals surface area contributed by atoms with E-state index >= 15 is 0 Å². The topological polar surface area (TPSA) is 95.4 Å². The summed E-state index contributed by atoms with van der Waals surface area (Å²) in [6.45, 7) is 2.23. The zero-order valence-electron chi connectivity index (χ0n) is 9.37. The molecule has 0 radical (unpaired) electrons. The number of hydrogen-bond donors (Lipinski definition) is 3. The number of phosphoric acid groups is 1. The van der Waals surface area contributed by atoms with E-state index in [1.165, 1.54) is 0 Å². The van der Waals surface area contributed by atoms with Gasteiger partial charge in [-0.05, 0) is 6.42 Å². The lowest BCUT2D eigenvalue weighted by molar-refractivity contribution is 0.193. The molecule has 0 aliphatic carbocycles. The van der Waals surface area contributed by atoms with E-state index < -0.39 is 7.82 Å². The Balaban J connectivity index is 0.000000368. The van der Waals surface area contributed by atoms with E-state index in [4.69, 9.17) is 9.79 Å². The van der Waals surface area contributed by atoms with Gasteiger partial charge in [0.15, 0.2) is 0 Å². The van der Waals surface area contributed by atoms with Gasteiger partial charge in [-0.25, -0.2) is 9.55 Å². The Morgan fingerprint density at radius 2 is 2.12 bits per heavy atom. The molecule has 0 saturated carbocycles. The molecule has 0 unspecified atom stereocenters. The van der Waals surface area contributed by atoms with Gasteiger partial charge in [-0.2, -0.15) is 0 Å². The average molecular weight is 250 g/mol. The number of phosphoric ester groups is 1. The van der Waals surface area contributed by atoms with Crippen LogP contribution in [-0.4, -0.2) is 26.4 Å². The number of unbranched alkanes of at least 4 members (excludes halogenated alkanes) is 3. The fraction of sp³-hybridized carbons (Fsp3) is 0.667. The van der Waals surface area contributed by atoms with Gasteiger partial charge >= 0.3 is 7.82 Å². The molecule has 1 aromatic rings. The Morgan fingerprint density at radius 1 is 1.38 bits per heavy atom. The molecule has 0 aromatic carbocycles. The van der Waals surface area contributed by atoms with E-state index in [9.17, 15) is 4.57 Å². The van der Waals surface area contributed by atoms with Gasteiger partial charge in [0.05, 0.1) is 12.9 Å². The number of nitrogens with zero attached hydrogens (tertiary/aromatic N) is 1. The van der Waals surface area contributed by atoms with E-state index in [-0.39, 0.29) is 6.61 Å². The SMILES string of the molecule is CCCCCCOP(=O)(O)O.c1c[nH]cn1. The van der Waals surface area contributed by atoms with Gasteiger partial charge in [0.2, 0.25) is 0 Å². The number of hydrogen-bond acceptors (Lipinski definition) is 3. The third-order valence-corrected chi connectivity index (χ3v) is 2.18. The van der Waals surface area contributed by atoms with Crippen LogP contribution in [0.3, 0.4) is 0 Å². The van der Waals surface area contributed by atoms with Crippen LogP contribution in [0.1, 0.15) is 32.6 Å². The van der Waals surface area contributed by atoms with Crippen molar-refractivity contribution in [3.63, 3.8) is 0 Å². The lowest BCUT2D eigenvalue weighted by Crippen LogP contribution is -1.91. The van der Waals surface area contributed by atoms with Gasteiger partial charge < -0.3 is 14.8 Å². The van der Waals surface area contributed by atoms with Crippen molar-refractivity contribution in [2.45, 2.75) is 32.6 Å². The molecule has 16 heavy (non-hydrogen) atoms. The number of nitrogens with one attached hydrogen (secondary N) is 1. The first-order valence-electron chi connectivity index (χ1n) is 5.19. The maximum absolute atomic E-state index is 10.1. The summed E-state index contributed by atoms with van der Waals surface area (Å²) in [4.78, 5) is 22.9. The lowest BCUT2D eigenvalue weighted by Gasteiger charge is -2.03. The molecule has 7 heteroatoms. The normalized spacial score (nSPS) is 10.7. The molecule has 0 atom stereocenters. The van der Waals surface area contributed by atoms with E-state index in [0.29, 0.717) is 0 Å². The molecule has 94 valence electrons. The standard InChI is InChI=1S/C6H15O4P.C3H4N2/c1-2-3-4-5-6-10-11(7,8)9;1-2-5-3-4-1/h2-6H2,1H3,(H2,7,8,9);1-3H,(H,4,5). The van der Waals surface area contributed by atoms with Gasteiger partial charge in [-0.3, -0.25) is 4.52 Å². The van der Waals surface area contributed by atoms with E-state index in [1.807, 2.05) is 0 Å². The molecule has 3 N–H and O–H groups in total. The molecule has 0 aliphatic rings. The largest absolute Gasteiger partial charge is 0.469 e. The summed E-state index contributed by atoms with van der Waals surface area (Å²) in [5.74, 6) is 0. The van der Waals surface area contributed by atoms with Crippen LogP contribution in [0.15, 0.2) is 18.7 Å². The van der Waals surface area contributed by atoms with E-state index in [0.717, 1.165) is 25.7 Å². The third kappa shape index (κ3) is 13.3. The monoisotopic (exact) mass is 250 g/mol. The molecule has 1 aromatic heterocycles. The van der Waals surface area contributed by atoms with Crippen LogP contribution in [0, 0.1) is 0 Å². The molecule has 0 aliphatic heterocycles. The van der Waals surface area contributed by atoms with Crippen LogP contribution < -0.4 is 0 Å². The number of imidazole rings is 1. The van der Waals surface area contributed by atoms with Crippen molar-refractivity contribution in [2.75, 3.05) is 6.61 Å². The van der Waals surface area contributed by atoms with Crippen LogP contribution in [0.4, 0.5) is 0 Å². The molecular weight excluding hydrogens is 231 g/mol. The van der Waals surface area contributed by atoms with Crippen LogP contribution in [0.25, 0.3) is 0 Å². The minimum absolute atomic E-state index is 0.157. The Labute approximate surface area is 95.3 Å². The number of H-pyrrole nitrogens is 1. The second kappa shape index (κ2) is 9.54. The van der Waals surface area contributed by atoms with Crippen molar-refractivity contribution >= 4 is 7.82 Å². The summed E-state index contributed by atoms with van der Waals surface area (Å²) in [7, 11) is -4.21. The first-order valence-corrected chi connectivity index (χ1v) is 6.72. The summed E-state index contributed by atoms with van der Waals surface area (Å²) in [6.07, 6.45) is 8.97. The first kappa shape index (κ1) is 15.3. The Bertz CT molecular complexity index is 256. The van der Waals surface area contributed by atoms with Gasteiger partial charge in [0.25, 0.3) is 0 Å². The molecule has 0 fully saturated rings. The summed E-state index contributed by atoms with van der Waals surface area (Å²) < 4.78 is 14.4. The summed E-state index contributed by atoms with van der Waals surface area (Å²) in [5, 5.41) is 0. The average Bonchev–Trinajstić information content (AvgIpc) is 2.73. The van der Waals surface area contributed by atoms with Crippen molar-refractivity contribution in [2.24, 2.45) is 0 Å². The molecule has 6 nitrogen and oxygen atoms in total. The predicted octanol–water partition coefficient (Wildman–Crippen LogP) is 2.09. The number of rotatable bonds is 6. The fourth-order valence-corrected chi connectivity index (χ4v) is 1.29. The second-order valence-corrected chi connectivity index (χ2v) is 4.38. The molecule has 1 heterocycles. The molecule has 0 spiro atoms. The minimum atomic E-state index is -4.21. The van der Waals surface area contributed by atoms with Crippen molar-refractivity contribution in [3.05, 3.63) is 18.7 Å². The zero-order valence-corrected chi connectivity index (χ0v) is 10.3. The highest BCUT2D eigenvalue weighted by Gasteiger charge is 2.11. The second-order valence-electron chi connectivity index (χ2n) is 3.15. The predicted molar refractivity (Wildman–Crippen MR) is 60.7 cm³/mol. The van der Waals surface area contributed by atoms with Gasteiger partial charge in [-0.1, -0.05) is 26.2 Å². The number of aromatic nitrogens is 2. The van der Waals surface area contributed by atoms with E-state index in [2.05, 4.69) is 21.4 Å². The quantitative estimate of drug-likeness (QED) is 0.530. The fourth-order valence-electron chi connectivity index (χ4n) is 0.927. The number of aromatic amines is 1. The van der Waals surface area contributed by atoms with Crippen molar-refractivity contribution < 1.29 is 18.9 Å². The highest BCUT2D eigenvalue weighted by Crippen LogP contribution is 2.35. The molecule has 0 bridgehead atoms. The first-order chi connectivity index (χ1) is 7.56. The highest BCUT2D eigenvalue weighted by atomic mass is 31.2. The van der Waals surface area contributed by atoms with Crippen LogP contribution in [-0.2, 0) is 9.09 Å². The molecule has 0 amide bonds. The highest BCUT2D eigenvalue weighted by molar-refractivity contribution is 7.46. The maximum Gasteiger partial charge on any atom is 0.469 e. The van der Waals surface area contributed by atoms with Gasteiger partial charge in [0, 0.05) is 12.4 Å². The van der Waals surface area contributed by atoms with Crippen LogP contribution in [0.5, 0.6) is 0 Å². The van der Waals surface area contributed by atoms with Crippen molar-refractivity contribution in [1.29, 1.82) is 0 Å². The zero-order chi connectivity index (χ0) is 12.3. The Hall–Kier alpha value is -0.680. The summed E-state index contributed by atoms with van der Waals surface area (Å²) in [6, 6.07) is 0. The molecule has 0 saturated heterocycles. The summed E-state index contributed by atoms with van der Waals surface area (Å²) >= 11 is 0. The third-order valence-electron chi connectivity index (χ3n) is 1.66. The van der Waals surface area contributed by atoms with Crippen LogP contribution in [0.2, 0.25) is 0 Å². The molecule has 1 rings (SSSR count). The maximum atomic E-state index is 10.1. The van der Waals surface area contributed by atoms with Crippen molar-refractivity contribution in [1.82, 2.24) is 9.97 Å². The van der Waals surface area contributed by atoms with Gasteiger partial charge in [0.1, 0.15) is 0 Å². The van der Waals surface area contributed by atoms with E-state index in [1.54, 1.807) is 18.7 Å². The summed E-state index contributed by atoms with van der Waals surface area (Å²) in [5.41, 5.74) is 0. The Morgan fingerprint density at radius 3 is 2.50 bits per heavy atom. The minimum Gasteiger partial charge on any atom is -0.351 e. The Kier molecular flexibility index (Phi) is 9.13. The smallest absolute Gasteiger partial charge is 0.351 e. The van der Waals surface area contributed by atoms with Gasteiger partial charge in [-0.15, -0.1) is 0 Å². The van der Waals surface area contributed by atoms with Crippen molar-refractivity contribution in [3.8, 4) is 0 Å². The van der Waals surface area contributed by atoms with Crippen LogP contribution >= 0.6 is 7.82 Å².